The first kappa shape index (κ1) is 14.7. The van der Waals surface area contributed by atoms with E-state index in [1.807, 2.05) is 25.6 Å². The van der Waals surface area contributed by atoms with Crippen LogP contribution in [0.1, 0.15) is 40.0 Å². The second-order valence-electron chi connectivity index (χ2n) is 5.90. The van der Waals surface area contributed by atoms with Crippen molar-refractivity contribution in [3.05, 3.63) is 0 Å². The molecule has 1 N–H and O–H groups in total. The molecular formula is C14H24N2O2S. The summed E-state index contributed by atoms with van der Waals surface area (Å²) in [5, 5.41) is 2.88. The Morgan fingerprint density at radius 1 is 1.47 bits per heavy atom. The maximum absolute atomic E-state index is 12.6. The lowest BCUT2D eigenvalue weighted by atomic mass is 9.94. The van der Waals surface area contributed by atoms with Crippen LogP contribution in [0.15, 0.2) is 0 Å². The van der Waals surface area contributed by atoms with E-state index in [-0.39, 0.29) is 34.6 Å². The molecule has 2 rings (SSSR count). The molecule has 108 valence electrons. The van der Waals surface area contributed by atoms with Gasteiger partial charge >= 0.3 is 0 Å². The van der Waals surface area contributed by atoms with Gasteiger partial charge in [-0.3, -0.25) is 9.59 Å². The van der Waals surface area contributed by atoms with Gasteiger partial charge in [0.15, 0.2) is 0 Å². The lowest BCUT2D eigenvalue weighted by Gasteiger charge is -2.40. The van der Waals surface area contributed by atoms with E-state index >= 15 is 0 Å². The van der Waals surface area contributed by atoms with Gasteiger partial charge in [0.05, 0.1) is 0 Å². The van der Waals surface area contributed by atoms with Crippen LogP contribution >= 0.6 is 11.8 Å². The molecule has 2 fully saturated rings. The van der Waals surface area contributed by atoms with E-state index < -0.39 is 0 Å². The zero-order chi connectivity index (χ0) is 14.2. The number of hydrogen-bond acceptors (Lipinski definition) is 3. The normalized spacial score (nSPS) is 31.1. The summed E-state index contributed by atoms with van der Waals surface area (Å²) >= 11 is 1.83. The highest BCUT2D eigenvalue weighted by atomic mass is 32.2. The van der Waals surface area contributed by atoms with Crippen molar-refractivity contribution < 1.29 is 9.59 Å². The maximum atomic E-state index is 12.6. The van der Waals surface area contributed by atoms with E-state index in [4.69, 9.17) is 0 Å². The summed E-state index contributed by atoms with van der Waals surface area (Å²) in [7, 11) is 0. The Morgan fingerprint density at radius 3 is 2.58 bits per heavy atom. The Morgan fingerprint density at radius 2 is 2.11 bits per heavy atom. The lowest BCUT2D eigenvalue weighted by Crippen LogP contribution is -2.65. The number of carbonyl (C=O) groups is 2. The zero-order valence-corrected chi connectivity index (χ0v) is 13.0. The number of nitrogens with zero attached hydrogens (tertiary/aromatic N) is 1. The number of nitrogens with one attached hydrogen (secondary N) is 1. The second-order valence-corrected chi connectivity index (χ2v) is 7.18. The first-order valence-electron chi connectivity index (χ1n) is 7.10. The molecule has 1 saturated heterocycles. The van der Waals surface area contributed by atoms with Crippen LogP contribution in [0.3, 0.4) is 0 Å². The number of hydrogen-bond donors (Lipinski definition) is 1. The molecule has 2 aliphatic rings. The van der Waals surface area contributed by atoms with Gasteiger partial charge in [-0.05, 0) is 31.9 Å². The van der Waals surface area contributed by atoms with Gasteiger partial charge in [0.25, 0.3) is 0 Å². The van der Waals surface area contributed by atoms with Gasteiger partial charge in [0.2, 0.25) is 11.8 Å². The van der Waals surface area contributed by atoms with Crippen LogP contribution in [-0.2, 0) is 9.59 Å². The fraction of sp³-hybridized carbons (Fsp3) is 0.857. The molecule has 1 aliphatic heterocycles. The Kier molecular flexibility index (Phi) is 4.14. The molecule has 0 aromatic carbocycles. The van der Waals surface area contributed by atoms with E-state index in [0.717, 1.165) is 19.3 Å². The van der Waals surface area contributed by atoms with E-state index in [0.29, 0.717) is 6.54 Å². The largest absolute Gasteiger partial charge is 0.342 e. The van der Waals surface area contributed by atoms with E-state index in [2.05, 4.69) is 18.5 Å². The van der Waals surface area contributed by atoms with Crippen LogP contribution in [0.2, 0.25) is 0 Å². The number of thioether (sulfide) groups is 1. The highest BCUT2D eigenvalue weighted by molar-refractivity contribution is 8.00. The second kappa shape index (κ2) is 5.35. The minimum atomic E-state index is -0.341. The molecular weight excluding hydrogens is 260 g/mol. The molecule has 4 nitrogen and oxygen atoms in total. The highest BCUT2D eigenvalue weighted by Crippen LogP contribution is 2.48. The van der Waals surface area contributed by atoms with E-state index in [9.17, 15) is 9.59 Å². The predicted molar refractivity (Wildman–Crippen MR) is 78.0 cm³/mol. The van der Waals surface area contributed by atoms with E-state index in [1.54, 1.807) is 4.90 Å². The molecule has 0 aromatic heterocycles. The zero-order valence-electron chi connectivity index (χ0n) is 12.2. The minimum Gasteiger partial charge on any atom is -0.342 e. The molecule has 0 bridgehead atoms. The molecule has 3 atom stereocenters. The monoisotopic (exact) mass is 284 g/mol. The summed E-state index contributed by atoms with van der Waals surface area (Å²) in [6, 6.07) is -0.677. The van der Waals surface area contributed by atoms with Crippen LogP contribution in [0.4, 0.5) is 0 Å². The Labute approximate surface area is 119 Å². The van der Waals surface area contributed by atoms with Crippen LogP contribution in [-0.4, -0.2) is 46.3 Å². The van der Waals surface area contributed by atoms with Crippen LogP contribution in [0, 0.1) is 5.92 Å². The van der Waals surface area contributed by atoms with Crippen LogP contribution in [0.25, 0.3) is 0 Å². The average Bonchev–Trinajstić information content (AvgIpc) is 3.18. The van der Waals surface area contributed by atoms with Gasteiger partial charge in [0, 0.05) is 11.3 Å². The minimum absolute atomic E-state index is 0.0122. The van der Waals surface area contributed by atoms with E-state index in [1.165, 1.54) is 0 Å². The summed E-state index contributed by atoms with van der Waals surface area (Å²) < 4.78 is 0.210. The number of rotatable bonds is 5. The fourth-order valence-electron chi connectivity index (χ4n) is 2.56. The molecule has 1 aliphatic carbocycles. The quantitative estimate of drug-likeness (QED) is 0.835. The molecule has 3 unspecified atom stereocenters. The van der Waals surface area contributed by atoms with Crippen molar-refractivity contribution in [1.82, 2.24) is 10.2 Å². The topological polar surface area (TPSA) is 49.4 Å². The predicted octanol–water partition coefficient (Wildman–Crippen LogP) is 1.64. The first-order chi connectivity index (χ1) is 8.94. The average molecular weight is 284 g/mol. The third-order valence-electron chi connectivity index (χ3n) is 4.61. The van der Waals surface area contributed by atoms with Crippen molar-refractivity contribution in [2.75, 3.05) is 12.8 Å². The molecule has 2 amide bonds. The van der Waals surface area contributed by atoms with Crippen molar-refractivity contribution in [2.45, 2.75) is 56.9 Å². The smallest absolute Gasteiger partial charge is 0.246 e. The Balaban J connectivity index is 2.14. The van der Waals surface area contributed by atoms with Crippen LogP contribution in [0.5, 0.6) is 0 Å². The van der Waals surface area contributed by atoms with Gasteiger partial charge < -0.3 is 10.2 Å². The third-order valence-corrected chi connectivity index (χ3v) is 6.01. The van der Waals surface area contributed by atoms with Gasteiger partial charge in [-0.1, -0.05) is 20.3 Å². The van der Waals surface area contributed by atoms with Crippen molar-refractivity contribution in [3.8, 4) is 0 Å². The lowest BCUT2D eigenvalue weighted by molar-refractivity contribution is -0.150. The fourth-order valence-corrected chi connectivity index (χ4v) is 3.34. The summed E-state index contributed by atoms with van der Waals surface area (Å²) in [4.78, 5) is 26.5. The summed E-state index contributed by atoms with van der Waals surface area (Å²) in [6.07, 6.45) is 5.30. The van der Waals surface area contributed by atoms with Gasteiger partial charge in [-0.15, -0.1) is 0 Å². The Hall–Kier alpha value is -0.710. The third kappa shape index (κ3) is 2.76. The number of amides is 2. The molecule has 0 aromatic rings. The molecule has 0 radical (unpaired) electrons. The number of piperazine rings is 1. The molecule has 5 heteroatoms. The summed E-state index contributed by atoms with van der Waals surface area (Å²) in [5.74, 6) is 0.277. The van der Waals surface area contributed by atoms with Crippen molar-refractivity contribution >= 4 is 23.6 Å². The van der Waals surface area contributed by atoms with Gasteiger partial charge in [-0.2, -0.15) is 11.8 Å². The number of carbonyl (C=O) groups excluding carboxylic acids is 2. The standard InChI is InChI=1S/C14H24N2O2S/c1-5-9(2)11-13(18)16(10(3)12(17)15-11)8-14(19-4)6-7-14/h9-11H,5-8H2,1-4H3,(H,15,17). The van der Waals surface area contributed by atoms with Crippen molar-refractivity contribution in [2.24, 2.45) is 5.92 Å². The van der Waals surface area contributed by atoms with Crippen LogP contribution < -0.4 is 5.32 Å². The first-order valence-corrected chi connectivity index (χ1v) is 8.32. The summed E-state index contributed by atoms with van der Waals surface area (Å²) in [6.45, 7) is 6.63. The van der Waals surface area contributed by atoms with Gasteiger partial charge in [-0.25, -0.2) is 0 Å². The summed E-state index contributed by atoms with van der Waals surface area (Å²) in [5.41, 5.74) is 0. The molecule has 1 heterocycles. The highest BCUT2D eigenvalue weighted by Gasteiger charge is 2.48. The Bertz CT molecular complexity index is 382. The molecule has 19 heavy (non-hydrogen) atoms. The van der Waals surface area contributed by atoms with Gasteiger partial charge in [0.1, 0.15) is 12.1 Å². The molecule has 0 spiro atoms. The van der Waals surface area contributed by atoms with Crippen molar-refractivity contribution in [3.63, 3.8) is 0 Å². The van der Waals surface area contributed by atoms with Crippen molar-refractivity contribution in [1.29, 1.82) is 0 Å². The maximum Gasteiger partial charge on any atom is 0.246 e. The molecule has 1 saturated carbocycles. The SMILES string of the molecule is CCC(C)C1NC(=O)C(C)N(CC2(SC)CC2)C1=O.